The van der Waals surface area contributed by atoms with Gasteiger partial charge in [-0.05, 0) is 26.7 Å². The van der Waals surface area contributed by atoms with Gasteiger partial charge in [-0.25, -0.2) is 4.79 Å². The van der Waals surface area contributed by atoms with Crippen molar-refractivity contribution in [1.82, 2.24) is 16.0 Å². The molecule has 33 heavy (non-hydrogen) atoms. The average molecular weight is 476 g/mol. The normalized spacial score (nSPS) is 16.3. The van der Waals surface area contributed by atoms with E-state index in [0.29, 0.717) is 0 Å². The van der Waals surface area contributed by atoms with Crippen LogP contribution in [-0.2, 0) is 28.8 Å². The van der Waals surface area contributed by atoms with Gasteiger partial charge in [0.05, 0.1) is 18.2 Å². The molecule has 15 nitrogen and oxygen atoms in total. The van der Waals surface area contributed by atoms with Crippen LogP contribution in [-0.4, -0.2) is 87.2 Å². The second kappa shape index (κ2) is 14.0. The molecule has 0 bridgehead atoms. The second-order valence-electron chi connectivity index (χ2n) is 7.47. The minimum Gasteiger partial charge on any atom is -0.480 e. The van der Waals surface area contributed by atoms with Gasteiger partial charge in [-0.1, -0.05) is 0 Å². The summed E-state index contributed by atoms with van der Waals surface area (Å²) in [6, 6.07) is -6.01. The lowest BCUT2D eigenvalue weighted by atomic mass is 10.1. The van der Waals surface area contributed by atoms with Crippen LogP contribution in [0.1, 0.15) is 39.5 Å². The number of rotatable bonds is 15. The van der Waals surface area contributed by atoms with Gasteiger partial charge in [-0.3, -0.25) is 24.0 Å². The number of aliphatic hydroxyl groups is 2. The van der Waals surface area contributed by atoms with Gasteiger partial charge in [0.15, 0.2) is 6.04 Å². The number of nitrogens with two attached hydrogens (primary N) is 3. The van der Waals surface area contributed by atoms with Crippen molar-refractivity contribution < 1.29 is 44.1 Å². The van der Waals surface area contributed by atoms with E-state index in [1.54, 1.807) is 0 Å². The summed E-state index contributed by atoms with van der Waals surface area (Å²) >= 11 is 0. The van der Waals surface area contributed by atoms with E-state index in [9.17, 15) is 39.0 Å². The van der Waals surface area contributed by atoms with Crippen LogP contribution in [0.2, 0.25) is 0 Å². The molecule has 6 unspecified atom stereocenters. The molecule has 0 aliphatic heterocycles. The first-order valence-electron chi connectivity index (χ1n) is 9.99. The van der Waals surface area contributed by atoms with Crippen LogP contribution in [0.5, 0.6) is 0 Å². The number of carboxylic acids is 1. The van der Waals surface area contributed by atoms with E-state index >= 15 is 0 Å². The molecule has 0 aliphatic carbocycles. The van der Waals surface area contributed by atoms with Crippen LogP contribution in [0.25, 0.3) is 0 Å². The van der Waals surface area contributed by atoms with Gasteiger partial charge in [0.1, 0.15) is 12.1 Å². The van der Waals surface area contributed by atoms with E-state index in [1.165, 1.54) is 0 Å². The van der Waals surface area contributed by atoms with Crippen LogP contribution < -0.4 is 33.2 Å². The van der Waals surface area contributed by atoms with Crippen LogP contribution in [0, 0.1) is 0 Å². The highest BCUT2D eigenvalue weighted by Crippen LogP contribution is 2.04. The monoisotopic (exact) mass is 476 g/mol. The minimum atomic E-state index is -1.72. The molecule has 6 atom stereocenters. The van der Waals surface area contributed by atoms with Crippen molar-refractivity contribution in [2.24, 2.45) is 17.2 Å². The molecule has 15 heteroatoms. The molecule has 0 fully saturated rings. The first-order valence-corrected chi connectivity index (χ1v) is 9.99. The number of carbonyl (C=O) groups is 6. The third kappa shape index (κ3) is 11.2. The van der Waals surface area contributed by atoms with Gasteiger partial charge < -0.3 is 48.5 Å². The predicted octanol–water partition coefficient (Wildman–Crippen LogP) is -4.85. The van der Waals surface area contributed by atoms with Gasteiger partial charge in [-0.2, -0.15) is 0 Å². The zero-order valence-corrected chi connectivity index (χ0v) is 18.3. The fraction of sp³-hybridized carbons (Fsp3) is 0.667. The third-order valence-corrected chi connectivity index (χ3v) is 4.46. The van der Waals surface area contributed by atoms with Crippen molar-refractivity contribution in [3.05, 3.63) is 0 Å². The topological polar surface area (TPSA) is 277 Å². The Morgan fingerprint density at radius 1 is 0.727 bits per heavy atom. The van der Waals surface area contributed by atoms with Gasteiger partial charge in [0.25, 0.3) is 0 Å². The summed E-state index contributed by atoms with van der Waals surface area (Å²) in [5.41, 5.74) is 15.7. The first kappa shape index (κ1) is 29.7. The Balaban J connectivity index is 5.46. The number of aliphatic carboxylic acids is 1. The van der Waals surface area contributed by atoms with Crippen molar-refractivity contribution >= 4 is 35.5 Å². The largest absolute Gasteiger partial charge is 0.480 e. The summed E-state index contributed by atoms with van der Waals surface area (Å²) < 4.78 is 0. The Labute approximate surface area is 189 Å². The first-order chi connectivity index (χ1) is 15.2. The number of carbonyl (C=O) groups excluding carboxylic acids is 5. The van der Waals surface area contributed by atoms with Crippen LogP contribution in [0.4, 0.5) is 0 Å². The molecule has 0 heterocycles. The zero-order valence-electron chi connectivity index (χ0n) is 18.3. The van der Waals surface area contributed by atoms with Crippen LogP contribution in [0.15, 0.2) is 0 Å². The lowest BCUT2D eigenvalue weighted by Gasteiger charge is -2.27. The molecule has 0 aromatic rings. The van der Waals surface area contributed by atoms with E-state index < -0.39 is 71.9 Å². The summed E-state index contributed by atoms with van der Waals surface area (Å²) in [5.74, 6) is -6.00. The SMILES string of the molecule is CC(O)C(NC(=O)C(NC(=O)C(CCC(N)=O)NC(=O)C(N)CCC(N)=O)C(C)O)C(=O)O. The maximum Gasteiger partial charge on any atom is 0.328 e. The fourth-order valence-corrected chi connectivity index (χ4v) is 2.55. The van der Waals surface area contributed by atoms with E-state index in [1.807, 2.05) is 5.32 Å². The maximum atomic E-state index is 12.7. The lowest BCUT2D eigenvalue weighted by Crippen LogP contribution is -2.61. The van der Waals surface area contributed by atoms with Gasteiger partial charge in [0, 0.05) is 12.8 Å². The van der Waals surface area contributed by atoms with Gasteiger partial charge in [-0.15, -0.1) is 0 Å². The number of primary amides is 2. The van der Waals surface area contributed by atoms with Crippen LogP contribution >= 0.6 is 0 Å². The van der Waals surface area contributed by atoms with E-state index in [2.05, 4.69) is 10.6 Å². The lowest BCUT2D eigenvalue weighted by molar-refractivity contribution is -0.146. The smallest absolute Gasteiger partial charge is 0.328 e. The quantitative estimate of drug-likeness (QED) is 0.109. The van der Waals surface area contributed by atoms with Gasteiger partial charge >= 0.3 is 5.97 Å². The molecule has 12 N–H and O–H groups in total. The van der Waals surface area contributed by atoms with Crippen molar-refractivity contribution in [3.8, 4) is 0 Å². The third-order valence-electron chi connectivity index (χ3n) is 4.46. The summed E-state index contributed by atoms with van der Waals surface area (Å²) in [6.45, 7) is 2.26. The highest BCUT2D eigenvalue weighted by molar-refractivity contribution is 5.94. The highest BCUT2D eigenvalue weighted by atomic mass is 16.4. The Hall–Kier alpha value is -3.30. The average Bonchev–Trinajstić information content (AvgIpc) is 2.69. The minimum absolute atomic E-state index is 0.111. The molecule has 5 amide bonds. The number of carboxylic acid groups (broad SMARTS) is 1. The Kier molecular flexibility index (Phi) is 12.6. The molecular weight excluding hydrogens is 444 g/mol. The van der Waals surface area contributed by atoms with E-state index in [0.717, 1.165) is 13.8 Å². The molecule has 0 spiro atoms. The van der Waals surface area contributed by atoms with Crippen LogP contribution in [0.3, 0.4) is 0 Å². The summed E-state index contributed by atoms with van der Waals surface area (Å²) in [4.78, 5) is 70.5. The Morgan fingerprint density at radius 2 is 1.18 bits per heavy atom. The maximum absolute atomic E-state index is 12.7. The van der Waals surface area contributed by atoms with Gasteiger partial charge in [0.2, 0.25) is 29.5 Å². The fourth-order valence-electron chi connectivity index (χ4n) is 2.55. The summed E-state index contributed by atoms with van der Waals surface area (Å²) in [6.07, 6.45) is -3.91. The van der Waals surface area contributed by atoms with E-state index in [-0.39, 0.29) is 25.7 Å². The second-order valence-corrected chi connectivity index (χ2v) is 7.47. The van der Waals surface area contributed by atoms with E-state index in [4.69, 9.17) is 22.3 Å². The molecule has 0 radical (unpaired) electrons. The Bertz CT molecular complexity index is 743. The number of hydrogen-bond donors (Lipinski definition) is 9. The molecular formula is C18H32N6O9. The molecule has 0 aliphatic rings. The number of amides is 5. The Morgan fingerprint density at radius 3 is 1.61 bits per heavy atom. The molecule has 188 valence electrons. The molecule has 0 aromatic carbocycles. The molecule has 0 aromatic heterocycles. The van der Waals surface area contributed by atoms with Crippen molar-refractivity contribution in [1.29, 1.82) is 0 Å². The molecule has 0 saturated heterocycles. The highest BCUT2D eigenvalue weighted by Gasteiger charge is 2.34. The number of aliphatic hydroxyl groups excluding tert-OH is 2. The summed E-state index contributed by atoms with van der Waals surface area (Å²) in [7, 11) is 0. The molecule has 0 saturated carbocycles. The number of nitrogens with one attached hydrogen (secondary N) is 3. The summed E-state index contributed by atoms with van der Waals surface area (Å²) in [5, 5.41) is 34.9. The van der Waals surface area contributed by atoms with Crippen molar-refractivity contribution in [3.63, 3.8) is 0 Å². The standard InChI is InChI=1S/C18H32N6O9/c1-7(25)13(17(31)24-14(8(2)26)18(32)33)23-16(30)10(4-6-12(21)28)22-15(29)9(19)3-5-11(20)27/h7-10,13-14,25-26H,3-6,19H2,1-2H3,(H2,20,27)(H2,21,28)(H,22,29)(H,23,30)(H,24,31)(H,32,33). The number of hydrogen-bond acceptors (Lipinski definition) is 9. The van der Waals surface area contributed by atoms with Crippen molar-refractivity contribution in [2.75, 3.05) is 0 Å². The zero-order chi connectivity index (χ0) is 25.9. The predicted molar refractivity (Wildman–Crippen MR) is 112 cm³/mol. The van der Waals surface area contributed by atoms with Crippen molar-refractivity contribution in [2.45, 2.75) is 75.9 Å². The molecule has 0 rings (SSSR count).